The minimum absolute atomic E-state index is 0.00811. The minimum atomic E-state index is -0.00811. The first kappa shape index (κ1) is 18.5. The number of hydrogen-bond donors (Lipinski definition) is 1. The van der Waals surface area contributed by atoms with Crippen LogP contribution in [0.3, 0.4) is 0 Å². The summed E-state index contributed by atoms with van der Waals surface area (Å²) in [5, 5.41) is 9.17. The molecular weight excluding hydrogens is 306 g/mol. The summed E-state index contributed by atoms with van der Waals surface area (Å²) in [6, 6.07) is 10.0. The maximum Gasteiger partial charge on any atom is 0.0991 e. The lowest BCUT2D eigenvalue weighted by Gasteiger charge is -2.26. The normalized spacial score (nSPS) is 11.5. The maximum atomic E-state index is 9.17. The van der Waals surface area contributed by atoms with Gasteiger partial charge in [-0.15, -0.1) is 0 Å². The van der Waals surface area contributed by atoms with Gasteiger partial charge in [0.15, 0.2) is 0 Å². The standard InChI is InChI=1S/C22H25N3/c1-13(2)21(14(3)4)22(20-10-18(24)12-25-16(20)6)19-8-7-17(11-23)9-15(19)5/h7-10,12,22H,1,24H2,2-6H3. The van der Waals surface area contributed by atoms with Gasteiger partial charge in [-0.05, 0) is 75.1 Å². The van der Waals surface area contributed by atoms with E-state index in [0.717, 1.165) is 28.0 Å². The summed E-state index contributed by atoms with van der Waals surface area (Å²) in [5.41, 5.74) is 15.0. The van der Waals surface area contributed by atoms with Crippen molar-refractivity contribution in [1.82, 2.24) is 4.98 Å². The van der Waals surface area contributed by atoms with Crippen molar-refractivity contribution >= 4 is 5.69 Å². The summed E-state index contributed by atoms with van der Waals surface area (Å²) in [4.78, 5) is 4.46. The molecule has 0 bridgehead atoms. The molecule has 0 saturated heterocycles. The van der Waals surface area contributed by atoms with E-state index in [1.807, 2.05) is 45.0 Å². The fourth-order valence-electron chi connectivity index (χ4n) is 3.37. The third-order valence-corrected chi connectivity index (χ3v) is 4.46. The second-order valence-electron chi connectivity index (χ2n) is 6.75. The Hall–Kier alpha value is -2.86. The van der Waals surface area contributed by atoms with Gasteiger partial charge in [-0.3, -0.25) is 4.98 Å². The van der Waals surface area contributed by atoms with Crippen LogP contribution in [0.5, 0.6) is 0 Å². The van der Waals surface area contributed by atoms with Gasteiger partial charge >= 0.3 is 0 Å². The molecule has 0 aliphatic heterocycles. The molecule has 1 atom stereocenters. The number of hydrogen-bond acceptors (Lipinski definition) is 3. The number of nitriles is 1. The molecule has 0 fully saturated rings. The third-order valence-electron chi connectivity index (χ3n) is 4.46. The molecule has 0 aliphatic rings. The lowest BCUT2D eigenvalue weighted by atomic mass is 9.78. The van der Waals surface area contributed by atoms with Gasteiger partial charge < -0.3 is 5.73 Å². The lowest BCUT2D eigenvalue weighted by molar-refractivity contribution is 0.897. The molecule has 128 valence electrons. The number of aromatic nitrogens is 1. The van der Waals surface area contributed by atoms with Gasteiger partial charge in [0.25, 0.3) is 0 Å². The van der Waals surface area contributed by atoms with E-state index in [0.29, 0.717) is 11.3 Å². The zero-order chi connectivity index (χ0) is 18.7. The number of nitrogens with two attached hydrogens (primary N) is 1. The van der Waals surface area contributed by atoms with E-state index in [1.165, 1.54) is 11.1 Å². The van der Waals surface area contributed by atoms with Gasteiger partial charge in [0.2, 0.25) is 0 Å². The van der Waals surface area contributed by atoms with Crippen molar-refractivity contribution in [3.8, 4) is 6.07 Å². The Labute approximate surface area is 150 Å². The molecule has 0 radical (unpaired) electrons. The summed E-state index contributed by atoms with van der Waals surface area (Å²) < 4.78 is 0. The highest BCUT2D eigenvalue weighted by molar-refractivity contribution is 5.56. The first-order valence-electron chi connectivity index (χ1n) is 8.32. The van der Waals surface area contributed by atoms with Crippen molar-refractivity contribution in [3.63, 3.8) is 0 Å². The maximum absolute atomic E-state index is 9.17. The SMILES string of the molecule is C=C(C)C(=C(C)C)C(c1ccc(C#N)cc1C)c1cc(N)cnc1C. The number of allylic oxidation sites excluding steroid dienone is 3. The van der Waals surface area contributed by atoms with Gasteiger partial charge in [-0.25, -0.2) is 0 Å². The first-order chi connectivity index (χ1) is 11.8. The van der Waals surface area contributed by atoms with Crippen LogP contribution in [-0.4, -0.2) is 4.98 Å². The highest BCUT2D eigenvalue weighted by atomic mass is 14.7. The highest BCUT2D eigenvalue weighted by Gasteiger charge is 2.25. The van der Waals surface area contributed by atoms with Crippen LogP contribution in [0.2, 0.25) is 0 Å². The molecule has 0 amide bonds. The molecule has 0 spiro atoms. The second-order valence-corrected chi connectivity index (χ2v) is 6.75. The molecule has 3 heteroatoms. The van der Waals surface area contributed by atoms with E-state index in [1.54, 1.807) is 6.20 Å². The van der Waals surface area contributed by atoms with E-state index in [2.05, 4.69) is 31.5 Å². The molecular formula is C22H25N3. The number of nitrogen functional groups attached to an aromatic ring is 1. The van der Waals surface area contributed by atoms with Gasteiger partial charge in [-0.2, -0.15) is 5.26 Å². The summed E-state index contributed by atoms with van der Waals surface area (Å²) in [7, 11) is 0. The van der Waals surface area contributed by atoms with Crippen LogP contribution in [-0.2, 0) is 0 Å². The molecule has 1 aromatic carbocycles. The molecule has 2 aromatic rings. The number of pyridine rings is 1. The fourth-order valence-corrected chi connectivity index (χ4v) is 3.37. The molecule has 3 nitrogen and oxygen atoms in total. The number of anilines is 1. The van der Waals surface area contributed by atoms with Crippen LogP contribution in [0.1, 0.15) is 54.6 Å². The van der Waals surface area contributed by atoms with Crippen LogP contribution in [0, 0.1) is 25.2 Å². The van der Waals surface area contributed by atoms with Crippen molar-refractivity contribution in [1.29, 1.82) is 5.26 Å². The Morgan fingerprint density at radius 3 is 2.36 bits per heavy atom. The van der Waals surface area contributed by atoms with Crippen molar-refractivity contribution in [2.24, 2.45) is 0 Å². The number of rotatable bonds is 4. The Balaban J connectivity index is 2.83. The molecule has 0 aliphatic carbocycles. The zero-order valence-electron chi connectivity index (χ0n) is 15.6. The van der Waals surface area contributed by atoms with Gasteiger partial charge in [0, 0.05) is 11.6 Å². The number of benzene rings is 1. The predicted octanol–water partition coefficient (Wildman–Crippen LogP) is 5.20. The monoisotopic (exact) mass is 331 g/mol. The van der Waals surface area contributed by atoms with Gasteiger partial charge in [0.1, 0.15) is 0 Å². The lowest BCUT2D eigenvalue weighted by Crippen LogP contribution is -2.12. The van der Waals surface area contributed by atoms with Gasteiger partial charge in [0.05, 0.1) is 23.5 Å². The Kier molecular flexibility index (Phi) is 5.44. The topological polar surface area (TPSA) is 62.7 Å². The van der Waals surface area contributed by atoms with Crippen molar-refractivity contribution < 1.29 is 0 Å². The van der Waals surface area contributed by atoms with Gasteiger partial charge in [-0.1, -0.05) is 23.8 Å². The van der Waals surface area contributed by atoms with E-state index >= 15 is 0 Å². The summed E-state index contributed by atoms with van der Waals surface area (Å²) in [5.74, 6) is -0.00811. The zero-order valence-corrected chi connectivity index (χ0v) is 15.6. The van der Waals surface area contributed by atoms with Crippen molar-refractivity contribution in [2.75, 3.05) is 5.73 Å². The Morgan fingerprint density at radius 1 is 1.16 bits per heavy atom. The average molecular weight is 331 g/mol. The molecule has 1 unspecified atom stereocenters. The minimum Gasteiger partial charge on any atom is -0.397 e. The summed E-state index contributed by atoms with van der Waals surface area (Å²) in [6.45, 7) is 14.5. The average Bonchev–Trinajstić information content (AvgIpc) is 2.54. The van der Waals surface area contributed by atoms with E-state index in [-0.39, 0.29) is 5.92 Å². The Morgan fingerprint density at radius 2 is 1.84 bits per heavy atom. The largest absolute Gasteiger partial charge is 0.397 e. The van der Waals surface area contributed by atoms with Crippen LogP contribution < -0.4 is 5.73 Å². The van der Waals surface area contributed by atoms with Crippen molar-refractivity contribution in [2.45, 2.75) is 40.5 Å². The smallest absolute Gasteiger partial charge is 0.0991 e. The van der Waals surface area contributed by atoms with Crippen molar-refractivity contribution in [3.05, 3.63) is 81.7 Å². The second kappa shape index (κ2) is 7.36. The Bertz CT molecular complexity index is 894. The van der Waals surface area contributed by atoms with Crippen LogP contribution in [0.25, 0.3) is 0 Å². The summed E-state index contributed by atoms with van der Waals surface area (Å²) in [6.07, 6.45) is 1.69. The molecule has 1 aromatic heterocycles. The van der Waals surface area contributed by atoms with Crippen LogP contribution in [0.4, 0.5) is 5.69 Å². The highest BCUT2D eigenvalue weighted by Crippen LogP contribution is 2.40. The van der Waals surface area contributed by atoms with E-state index in [9.17, 15) is 5.26 Å². The van der Waals surface area contributed by atoms with Crippen LogP contribution in [0.15, 0.2) is 53.8 Å². The number of aryl methyl sites for hydroxylation is 2. The predicted molar refractivity (Wildman–Crippen MR) is 104 cm³/mol. The van der Waals surface area contributed by atoms with E-state index < -0.39 is 0 Å². The molecule has 1 heterocycles. The molecule has 25 heavy (non-hydrogen) atoms. The first-order valence-corrected chi connectivity index (χ1v) is 8.32. The quantitative estimate of drug-likeness (QED) is 0.783. The third kappa shape index (κ3) is 3.80. The number of nitrogens with zero attached hydrogens (tertiary/aromatic N) is 2. The fraction of sp³-hybridized carbons (Fsp3) is 0.273. The van der Waals surface area contributed by atoms with Crippen LogP contribution >= 0.6 is 0 Å². The molecule has 0 saturated carbocycles. The molecule has 2 N–H and O–H groups in total. The summed E-state index contributed by atoms with van der Waals surface area (Å²) >= 11 is 0. The molecule has 2 rings (SSSR count). The van der Waals surface area contributed by atoms with E-state index in [4.69, 9.17) is 5.73 Å².